The third-order valence-corrected chi connectivity index (χ3v) is 8.47. The van der Waals surface area contributed by atoms with Crippen LogP contribution in [-0.2, 0) is 0 Å². The summed E-state index contributed by atoms with van der Waals surface area (Å²) in [5.41, 5.74) is 10.0. The average Bonchev–Trinajstić information content (AvgIpc) is 3.07. The Hall–Kier alpha value is -5.46. The Morgan fingerprint density at radius 1 is 0.214 bits per heavy atom. The minimum atomic E-state index is 1.23. The lowest BCUT2D eigenvalue weighted by Crippen LogP contribution is -1.92. The second-order valence-corrected chi connectivity index (χ2v) is 10.9. The van der Waals surface area contributed by atoms with Crippen LogP contribution in [0.3, 0.4) is 0 Å². The van der Waals surface area contributed by atoms with Crippen molar-refractivity contribution >= 4 is 32.3 Å². The van der Waals surface area contributed by atoms with E-state index in [2.05, 4.69) is 170 Å². The van der Waals surface area contributed by atoms with Crippen LogP contribution < -0.4 is 0 Å². The Balaban J connectivity index is 1.41. The van der Waals surface area contributed by atoms with Crippen molar-refractivity contribution < 1.29 is 0 Å². The molecule has 0 saturated heterocycles. The van der Waals surface area contributed by atoms with Gasteiger partial charge >= 0.3 is 0 Å². The highest BCUT2D eigenvalue weighted by Crippen LogP contribution is 2.46. The van der Waals surface area contributed by atoms with Gasteiger partial charge in [0.05, 0.1) is 0 Å². The third-order valence-electron chi connectivity index (χ3n) is 8.47. The van der Waals surface area contributed by atoms with Crippen molar-refractivity contribution in [2.75, 3.05) is 0 Å². The molecule has 0 fully saturated rings. The minimum Gasteiger partial charge on any atom is -0.0622 e. The first-order valence-corrected chi connectivity index (χ1v) is 14.5. The van der Waals surface area contributed by atoms with Gasteiger partial charge in [-0.25, -0.2) is 0 Å². The lowest BCUT2D eigenvalue weighted by atomic mass is 9.83. The molecule has 8 aromatic carbocycles. The van der Waals surface area contributed by atoms with Crippen molar-refractivity contribution in [1.82, 2.24) is 0 Å². The van der Waals surface area contributed by atoms with Gasteiger partial charge in [-0.15, -0.1) is 0 Å². The number of hydrogen-bond acceptors (Lipinski definition) is 0. The fraction of sp³-hybridized carbons (Fsp3) is 0. The molecule has 0 N–H and O–H groups in total. The Labute approximate surface area is 246 Å². The van der Waals surface area contributed by atoms with Gasteiger partial charge < -0.3 is 0 Å². The molecule has 42 heavy (non-hydrogen) atoms. The fourth-order valence-electron chi connectivity index (χ4n) is 6.60. The van der Waals surface area contributed by atoms with E-state index in [1.165, 1.54) is 76.8 Å². The molecule has 0 nitrogen and oxygen atoms in total. The van der Waals surface area contributed by atoms with E-state index in [0.717, 1.165) is 0 Å². The molecule has 196 valence electrons. The second-order valence-electron chi connectivity index (χ2n) is 10.9. The van der Waals surface area contributed by atoms with Crippen molar-refractivity contribution in [1.29, 1.82) is 0 Å². The van der Waals surface area contributed by atoms with Crippen LogP contribution in [0.2, 0.25) is 0 Å². The van der Waals surface area contributed by atoms with Crippen molar-refractivity contribution in [2.24, 2.45) is 0 Å². The number of benzene rings is 8. The molecule has 0 amide bonds. The van der Waals surface area contributed by atoms with Gasteiger partial charge in [0.15, 0.2) is 0 Å². The summed E-state index contributed by atoms with van der Waals surface area (Å²) in [6.45, 7) is 0. The Bertz CT molecular complexity index is 2170. The number of hydrogen-bond donors (Lipinski definition) is 0. The maximum Gasteiger partial charge on any atom is -0.00201 e. The number of rotatable bonds is 4. The molecule has 0 heteroatoms. The number of fused-ring (bicyclic) bond motifs is 3. The Kier molecular flexibility index (Phi) is 5.90. The maximum atomic E-state index is 2.34. The summed E-state index contributed by atoms with van der Waals surface area (Å²) in [5, 5.41) is 7.64. The molecule has 0 aliphatic heterocycles. The highest BCUT2D eigenvalue weighted by molar-refractivity contribution is 6.24. The van der Waals surface area contributed by atoms with Crippen LogP contribution in [0.1, 0.15) is 0 Å². The summed E-state index contributed by atoms with van der Waals surface area (Å²) in [6.07, 6.45) is 0. The van der Waals surface area contributed by atoms with E-state index in [1.54, 1.807) is 0 Å². The van der Waals surface area contributed by atoms with Gasteiger partial charge in [0.2, 0.25) is 0 Å². The predicted molar refractivity (Wildman–Crippen MR) is 181 cm³/mol. The van der Waals surface area contributed by atoms with E-state index < -0.39 is 0 Å². The molecule has 8 rings (SSSR count). The van der Waals surface area contributed by atoms with Crippen LogP contribution in [0.15, 0.2) is 170 Å². The zero-order valence-corrected chi connectivity index (χ0v) is 23.2. The molecule has 0 heterocycles. The van der Waals surface area contributed by atoms with Gasteiger partial charge in [0.25, 0.3) is 0 Å². The lowest BCUT2D eigenvalue weighted by Gasteiger charge is -2.19. The van der Waals surface area contributed by atoms with E-state index in [4.69, 9.17) is 0 Å². The molecule has 0 radical (unpaired) electrons. The summed E-state index contributed by atoms with van der Waals surface area (Å²) in [7, 11) is 0. The van der Waals surface area contributed by atoms with E-state index in [1.807, 2.05) is 0 Å². The SMILES string of the molecule is c1ccc(-c2cccc(-c3ccc(-c4c5ccccc5c(-c5ccccc5)c5ccccc45)c4ccccc34)c2)cc1. The zero-order chi connectivity index (χ0) is 27.9. The molecule has 0 atom stereocenters. The quantitative estimate of drug-likeness (QED) is 0.198. The van der Waals surface area contributed by atoms with Crippen molar-refractivity contribution in [3.63, 3.8) is 0 Å². The normalized spacial score (nSPS) is 11.3. The fourth-order valence-corrected chi connectivity index (χ4v) is 6.60. The van der Waals surface area contributed by atoms with Gasteiger partial charge in [-0.05, 0) is 82.9 Å². The minimum absolute atomic E-state index is 1.23. The highest BCUT2D eigenvalue weighted by Gasteiger charge is 2.18. The maximum absolute atomic E-state index is 2.34. The summed E-state index contributed by atoms with van der Waals surface area (Å²) in [6, 6.07) is 61.6. The van der Waals surface area contributed by atoms with Crippen molar-refractivity contribution in [2.45, 2.75) is 0 Å². The molecule has 0 aromatic heterocycles. The van der Waals surface area contributed by atoms with Crippen LogP contribution in [-0.4, -0.2) is 0 Å². The lowest BCUT2D eigenvalue weighted by molar-refractivity contribution is 1.60. The van der Waals surface area contributed by atoms with Crippen molar-refractivity contribution in [3.05, 3.63) is 170 Å². The molecular weight excluding hydrogens is 504 g/mol. The molecule has 0 aliphatic carbocycles. The largest absolute Gasteiger partial charge is 0.0622 e. The molecule has 0 spiro atoms. The Morgan fingerprint density at radius 2 is 0.619 bits per heavy atom. The first-order chi connectivity index (χ1) is 20.9. The summed E-state index contributed by atoms with van der Waals surface area (Å²) >= 11 is 0. The van der Waals surface area contributed by atoms with E-state index >= 15 is 0 Å². The smallest absolute Gasteiger partial charge is 0.00201 e. The second kappa shape index (κ2) is 10.2. The van der Waals surface area contributed by atoms with Gasteiger partial charge in [-0.3, -0.25) is 0 Å². The van der Waals surface area contributed by atoms with Crippen LogP contribution >= 0.6 is 0 Å². The third kappa shape index (κ3) is 4.00. The Morgan fingerprint density at radius 3 is 1.21 bits per heavy atom. The first-order valence-electron chi connectivity index (χ1n) is 14.5. The highest BCUT2D eigenvalue weighted by atomic mass is 14.2. The predicted octanol–water partition coefficient (Wildman–Crippen LogP) is 11.8. The molecule has 0 unspecified atom stereocenters. The van der Waals surface area contributed by atoms with Gasteiger partial charge in [0.1, 0.15) is 0 Å². The van der Waals surface area contributed by atoms with Gasteiger partial charge in [-0.2, -0.15) is 0 Å². The van der Waals surface area contributed by atoms with E-state index in [0.29, 0.717) is 0 Å². The molecule has 0 saturated carbocycles. The van der Waals surface area contributed by atoms with Gasteiger partial charge in [0, 0.05) is 0 Å². The molecular formula is C42H28. The van der Waals surface area contributed by atoms with Gasteiger partial charge in [-0.1, -0.05) is 164 Å². The molecule has 0 aliphatic rings. The van der Waals surface area contributed by atoms with Crippen LogP contribution in [0, 0.1) is 0 Å². The average molecular weight is 533 g/mol. The standard InChI is InChI=1S/C42H28/c1-3-14-29(15-4-1)31-18-13-19-32(28-31)33-26-27-40(35-21-8-7-20-34(33)35)42-38-24-11-9-22-36(38)41(30-16-5-2-6-17-30)37-23-10-12-25-39(37)42/h1-28H. The van der Waals surface area contributed by atoms with E-state index in [9.17, 15) is 0 Å². The monoisotopic (exact) mass is 532 g/mol. The summed E-state index contributed by atoms with van der Waals surface area (Å²) in [5.74, 6) is 0. The summed E-state index contributed by atoms with van der Waals surface area (Å²) in [4.78, 5) is 0. The summed E-state index contributed by atoms with van der Waals surface area (Å²) < 4.78 is 0. The van der Waals surface area contributed by atoms with Crippen molar-refractivity contribution in [3.8, 4) is 44.5 Å². The molecule has 8 aromatic rings. The molecule has 0 bridgehead atoms. The zero-order valence-electron chi connectivity index (χ0n) is 23.2. The first kappa shape index (κ1) is 24.3. The van der Waals surface area contributed by atoms with Crippen LogP contribution in [0.25, 0.3) is 76.8 Å². The topological polar surface area (TPSA) is 0 Å². The van der Waals surface area contributed by atoms with E-state index in [-0.39, 0.29) is 0 Å². The van der Waals surface area contributed by atoms with Crippen LogP contribution in [0.5, 0.6) is 0 Å². The van der Waals surface area contributed by atoms with Crippen LogP contribution in [0.4, 0.5) is 0 Å².